The third kappa shape index (κ3) is 3.64. The first-order valence-corrected chi connectivity index (χ1v) is 6.82. The maximum Gasteiger partial charge on any atom is 0.473 e. The van der Waals surface area contributed by atoms with Gasteiger partial charge in [-0.05, 0) is 12.8 Å². The Hall–Kier alpha value is -2.26. The third-order valence-electron chi connectivity index (χ3n) is 3.10. The fourth-order valence-corrected chi connectivity index (χ4v) is 1.73. The topological polar surface area (TPSA) is 129 Å². The van der Waals surface area contributed by atoms with Crippen LogP contribution in [0, 0.1) is 20.2 Å². The van der Waals surface area contributed by atoms with Gasteiger partial charge in [-0.25, -0.2) is 4.68 Å². The van der Waals surface area contributed by atoms with Gasteiger partial charge in [0.2, 0.25) is 0 Å². The number of aromatic nitrogens is 3. The fourth-order valence-electron chi connectivity index (χ4n) is 1.73. The highest BCUT2D eigenvalue weighted by molar-refractivity contribution is 5.00. The van der Waals surface area contributed by atoms with Gasteiger partial charge in [0, 0.05) is 12.8 Å². The number of nitrogens with zero attached hydrogens (tertiary/aromatic N) is 5. The van der Waals surface area contributed by atoms with Gasteiger partial charge < -0.3 is 5.43 Å². The fraction of sp³-hybridized carbons (Fsp3) is 0.818. The number of nitro groups is 2. The molecule has 1 heterocycles. The zero-order valence-corrected chi connectivity index (χ0v) is 12.4. The quantitative estimate of drug-likeness (QED) is 0.409. The highest BCUT2D eigenvalue weighted by Crippen LogP contribution is 2.11. The summed E-state index contributed by atoms with van der Waals surface area (Å²) >= 11 is 0. The van der Waals surface area contributed by atoms with Crippen LogP contribution in [0.5, 0.6) is 0 Å². The van der Waals surface area contributed by atoms with E-state index in [1.54, 1.807) is 0 Å². The van der Waals surface area contributed by atoms with Crippen molar-refractivity contribution in [2.45, 2.75) is 52.1 Å². The first kappa shape index (κ1) is 16.8. The maximum atomic E-state index is 10.9. The smallest absolute Gasteiger partial charge is 0.308 e. The Morgan fingerprint density at radius 3 is 1.86 bits per heavy atom. The summed E-state index contributed by atoms with van der Waals surface area (Å²) in [5.41, 5.74) is 0.449. The lowest BCUT2D eigenvalue weighted by Crippen LogP contribution is -2.50. The van der Waals surface area contributed by atoms with Crippen molar-refractivity contribution < 1.29 is 9.85 Å². The Balaban J connectivity index is 2.97. The van der Waals surface area contributed by atoms with Crippen molar-refractivity contribution in [2.24, 2.45) is 0 Å². The molecule has 0 bridgehead atoms. The molecule has 0 amide bonds. The Bertz CT molecular complexity index is 477. The van der Waals surface area contributed by atoms with Gasteiger partial charge >= 0.3 is 5.66 Å². The summed E-state index contributed by atoms with van der Waals surface area (Å²) in [6, 6.07) is 0. The second kappa shape index (κ2) is 6.95. The Morgan fingerprint density at radius 2 is 1.52 bits per heavy atom. The number of hydrogen-bond donors (Lipinski definition) is 1. The van der Waals surface area contributed by atoms with E-state index < -0.39 is 22.1 Å². The molecule has 0 aromatic carbocycles. The first-order chi connectivity index (χ1) is 9.86. The second-order valence-corrected chi connectivity index (χ2v) is 4.93. The minimum absolute atomic E-state index is 0.446. The lowest BCUT2D eigenvalue weighted by atomic mass is 10.2. The largest absolute Gasteiger partial charge is 0.473 e. The number of nitrogens with one attached hydrogen (secondary N) is 1. The molecule has 10 heteroatoms. The summed E-state index contributed by atoms with van der Waals surface area (Å²) in [5, 5.41) is 29.9. The van der Waals surface area contributed by atoms with Gasteiger partial charge in [0.25, 0.3) is 0 Å². The summed E-state index contributed by atoms with van der Waals surface area (Å²) in [4.78, 5) is 20.1. The number of hydrogen-bond acceptors (Lipinski definition) is 7. The van der Waals surface area contributed by atoms with Crippen molar-refractivity contribution in [2.75, 3.05) is 12.0 Å². The Morgan fingerprint density at radius 1 is 1.10 bits per heavy atom. The average Bonchev–Trinajstić information content (AvgIpc) is 2.79. The molecule has 0 fully saturated rings. The highest BCUT2D eigenvalue weighted by Gasteiger charge is 2.50. The summed E-state index contributed by atoms with van der Waals surface area (Å²) in [5.74, 6) is 1.24. The van der Waals surface area contributed by atoms with Crippen LogP contribution in [0.15, 0.2) is 0 Å². The molecule has 0 spiro atoms. The van der Waals surface area contributed by atoms with Crippen molar-refractivity contribution in [3.8, 4) is 0 Å². The normalized spacial score (nSPS) is 11.4. The highest BCUT2D eigenvalue weighted by atomic mass is 16.7. The van der Waals surface area contributed by atoms with Crippen LogP contribution in [0.25, 0.3) is 0 Å². The summed E-state index contributed by atoms with van der Waals surface area (Å²) in [6.45, 7) is 4.47. The SMILES string of the molecule is CCCc1nnc(CCC)n1NCC(C)([N+](=O)[O-])[N+](=O)[O-]. The van der Waals surface area contributed by atoms with Crippen LogP contribution in [-0.2, 0) is 12.8 Å². The lowest BCUT2D eigenvalue weighted by Gasteiger charge is -2.16. The third-order valence-corrected chi connectivity index (χ3v) is 3.10. The molecular formula is C11H20N6O4. The molecule has 118 valence electrons. The summed E-state index contributed by atoms with van der Waals surface area (Å²) in [7, 11) is 0. The van der Waals surface area contributed by atoms with E-state index in [2.05, 4.69) is 15.6 Å². The van der Waals surface area contributed by atoms with E-state index in [1.165, 1.54) is 4.68 Å². The van der Waals surface area contributed by atoms with E-state index in [4.69, 9.17) is 0 Å². The molecule has 10 nitrogen and oxygen atoms in total. The predicted octanol–water partition coefficient (Wildman–Crippen LogP) is 0.996. The molecule has 1 rings (SSSR count). The van der Waals surface area contributed by atoms with Crippen molar-refractivity contribution >= 4 is 0 Å². The molecule has 0 aliphatic rings. The molecule has 0 saturated carbocycles. The van der Waals surface area contributed by atoms with E-state index in [1.807, 2.05) is 13.8 Å². The average molecular weight is 300 g/mol. The molecule has 1 N–H and O–H groups in total. The van der Waals surface area contributed by atoms with Crippen LogP contribution in [0.1, 0.15) is 45.3 Å². The van der Waals surface area contributed by atoms with E-state index in [9.17, 15) is 20.2 Å². The summed E-state index contributed by atoms with van der Waals surface area (Å²) in [6.07, 6.45) is 2.93. The van der Waals surface area contributed by atoms with Crippen LogP contribution in [0.2, 0.25) is 0 Å². The maximum absolute atomic E-state index is 10.9. The van der Waals surface area contributed by atoms with Gasteiger partial charge in [-0.2, -0.15) is 0 Å². The molecule has 0 aliphatic heterocycles. The van der Waals surface area contributed by atoms with Crippen molar-refractivity contribution in [3.05, 3.63) is 31.9 Å². The molecule has 21 heavy (non-hydrogen) atoms. The van der Waals surface area contributed by atoms with Crippen molar-refractivity contribution in [3.63, 3.8) is 0 Å². The summed E-state index contributed by atoms with van der Waals surface area (Å²) < 4.78 is 1.54. The number of rotatable bonds is 9. The van der Waals surface area contributed by atoms with Crippen LogP contribution >= 0.6 is 0 Å². The Labute approximate surface area is 121 Å². The minimum atomic E-state index is -2.29. The van der Waals surface area contributed by atoms with Gasteiger partial charge in [0.1, 0.15) is 9.85 Å². The molecule has 0 unspecified atom stereocenters. The van der Waals surface area contributed by atoms with Crippen molar-refractivity contribution in [1.82, 2.24) is 14.9 Å². The zero-order chi connectivity index (χ0) is 16.0. The van der Waals surface area contributed by atoms with Crippen LogP contribution in [-0.4, -0.2) is 36.9 Å². The van der Waals surface area contributed by atoms with Gasteiger partial charge in [-0.15, -0.1) is 10.2 Å². The van der Waals surface area contributed by atoms with Crippen LogP contribution in [0.3, 0.4) is 0 Å². The number of aryl methyl sites for hydroxylation is 2. The minimum Gasteiger partial charge on any atom is -0.308 e. The molecule has 1 aromatic rings. The standard InChI is InChI=1S/C11H20N6O4/c1-4-6-9-13-14-10(7-5-2)15(9)12-8-11(3,16(18)19)17(20)21/h12H,4-8H2,1-3H3. The van der Waals surface area contributed by atoms with Gasteiger partial charge in [0.15, 0.2) is 18.2 Å². The van der Waals surface area contributed by atoms with Crippen molar-refractivity contribution in [1.29, 1.82) is 0 Å². The predicted molar refractivity (Wildman–Crippen MR) is 74.6 cm³/mol. The molecule has 1 aromatic heterocycles. The van der Waals surface area contributed by atoms with Crippen LogP contribution in [0.4, 0.5) is 0 Å². The second-order valence-electron chi connectivity index (χ2n) is 4.93. The van der Waals surface area contributed by atoms with E-state index in [0.29, 0.717) is 24.5 Å². The molecule has 0 aliphatic carbocycles. The van der Waals surface area contributed by atoms with Crippen LogP contribution < -0.4 is 5.43 Å². The first-order valence-electron chi connectivity index (χ1n) is 6.82. The lowest BCUT2D eigenvalue weighted by molar-refractivity contribution is -0.787. The Kier molecular flexibility index (Phi) is 5.56. The monoisotopic (exact) mass is 300 g/mol. The van der Waals surface area contributed by atoms with Gasteiger partial charge in [-0.1, -0.05) is 13.8 Å². The van der Waals surface area contributed by atoms with E-state index in [0.717, 1.165) is 19.8 Å². The molecular weight excluding hydrogens is 280 g/mol. The van der Waals surface area contributed by atoms with Gasteiger partial charge in [0.05, 0.1) is 6.92 Å². The molecule has 0 saturated heterocycles. The zero-order valence-electron chi connectivity index (χ0n) is 12.4. The van der Waals surface area contributed by atoms with E-state index >= 15 is 0 Å². The molecule has 0 radical (unpaired) electrons. The van der Waals surface area contributed by atoms with Gasteiger partial charge in [-0.3, -0.25) is 20.2 Å². The van der Waals surface area contributed by atoms with E-state index in [-0.39, 0.29) is 0 Å². The molecule has 0 atom stereocenters.